The molecule has 0 rings (SSSR count). The summed E-state index contributed by atoms with van der Waals surface area (Å²) in [5.74, 6) is 0. The predicted molar refractivity (Wildman–Crippen MR) is 50.2 cm³/mol. The Bertz CT molecular complexity index is 156. The number of aliphatic hydroxyl groups is 1. The highest BCUT2D eigenvalue weighted by Gasteiger charge is 2.11. The predicted octanol–water partition coefficient (Wildman–Crippen LogP) is 0.229. The molecule has 0 amide bonds. The van der Waals surface area contributed by atoms with Crippen LogP contribution in [0.15, 0.2) is 0 Å². The van der Waals surface area contributed by atoms with Gasteiger partial charge in [0, 0.05) is 26.2 Å². The Labute approximate surface area is 79.7 Å². The van der Waals surface area contributed by atoms with Crippen LogP contribution in [0.25, 0.3) is 0 Å². The molecule has 4 nitrogen and oxygen atoms in total. The van der Waals surface area contributed by atoms with Crippen molar-refractivity contribution in [3.8, 4) is 6.07 Å². The highest BCUT2D eigenvalue weighted by atomic mass is 16.5. The van der Waals surface area contributed by atoms with Crippen molar-refractivity contribution in [3.05, 3.63) is 0 Å². The van der Waals surface area contributed by atoms with Gasteiger partial charge < -0.3 is 9.84 Å². The molecule has 0 saturated carbocycles. The minimum absolute atomic E-state index is 0.124. The maximum absolute atomic E-state index is 8.79. The van der Waals surface area contributed by atoms with Crippen molar-refractivity contribution in [2.45, 2.75) is 19.4 Å². The molecule has 0 aliphatic carbocycles. The second-order valence-corrected chi connectivity index (χ2v) is 2.96. The zero-order chi connectivity index (χ0) is 10.1. The number of nitriles is 1. The zero-order valence-corrected chi connectivity index (χ0v) is 8.36. The first-order valence-electron chi connectivity index (χ1n) is 4.47. The van der Waals surface area contributed by atoms with Crippen LogP contribution >= 0.6 is 0 Å². The number of hydrogen-bond acceptors (Lipinski definition) is 4. The summed E-state index contributed by atoms with van der Waals surface area (Å²) in [6.45, 7) is 4.11. The van der Waals surface area contributed by atoms with Crippen molar-refractivity contribution in [2.24, 2.45) is 0 Å². The van der Waals surface area contributed by atoms with Crippen LogP contribution in [-0.4, -0.2) is 49.5 Å². The summed E-state index contributed by atoms with van der Waals surface area (Å²) in [5, 5.41) is 17.3. The van der Waals surface area contributed by atoms with Crippen LogP contribution in [0.3, 0.4) is 0 Å². The minimum atomic E-state index is 0.124. The first-order valence-corrected chi connectivity index (χ1v) is 4.47. The van der Waals surface area contributed by atoms with Gasteiger partial charge in [-0.3, -0.25) is 4.90 Å². The zero-order valence-electron chi connectivity index (χ0n) is 8.36. The smallest absolute Gasteiger partial charge is 0.0638 e. The average molecular weight is 186 g/mol. The molecule has 1 N–H and O–H groups in total. The van der Waals surface area contributed by atoms with Gasteiger partial charge in [0.15, 0.2) is 0 Å². The monoisotopic (exact) mass is 186 g/mol. The van der Waals surface area contributed by atoms with Crippen molar-refractivity contribution in [2.75, 3.05) is 33.4 Å². The summed E-state index contributed by atoms with van der Waals surface area (Å²) in [6, 6.07) is 2.31. The topological polar surface area (TPSA) is 56.5 Å². The number of ether oxygens (including phenoxy) is 1. The lowest BCUT2D eigenvalue weighted by Crippen LogP contribution is -2.37. The van der Waals surface area contributed by atoms with Crippen molar-refractivity contribution in [1.29, 1.82) is 5.26 Å². The number of hydrogen-bond donors (Lipinski definition) is 1. The van der Waals surface area contributed by atoms with Crippen LogP contribution in [-0.2, 0) is 4.74 Å². The van der Waals surface area contributed by atoms with E-state index in [1.807, 2.05) is 11.8 Å². The lowest BCUT2D eigenvalue weighted by Gasteiger charge is -2.26. The van der Waals surface area contributed by atoms with Crippen molar-refractivity contribution in [3.63, 3.8) is 0 Å². The van der Waals surface area contributed by atoms with E-state index >= 15 is 0 Å². The molecule has 0 spiro atoms. The van der Waals surface area contributed by atoms with Crippen molar-refractivity contribution >= 4 is 0 Å². The molecule has 0 bridgehead atoms. The third kappa shape index (κ3) is 5.58. The van der Waals surface area contributed by atoms with E-state index in [1.165, 1.54) is 0 Å². The second kappa shape index (κ2) is 7.99. The van der Waals surface area contributed by atoms with Gasteiger partial charge in [0.05, 0.1) is 25.7 Å². The van der Waals surface area contributed by atoms with Gasteiger partial charge in [-0.1, -0.05) is 0 Å². The first-order chi connectivity index (χ1) is 6.26. The number of rotatable bonds is 7. The second-order valence-electron chi connectivity index (χ2n) is 2.96. The fraction of sp³-hybridized carbons (Fsp3) is 0.889. The Morgan fingerprint density at radius 1 is 1.54 bits per heavy atom. The molecule has 0 aromatic carbocycles. The van der Waals surface area contributed by atoms with E-state index in [2.05, 4.69) is 6.07 Å². The summed E-state index contributed by atoms with van der Waals surface area (Å²) in [5.41, 5.74) is 0. The molecule has 13 heavy (non-hydrogen) atoms. The molecule has 0 aromatic rings. The van der Waals surface area contributed by atoms with Crippen LogP contribution in [0.5, 0.6) is 0 Å². The number of methoxy groups -OCH3 is 1. The minimum Gasteiger partial charge on any atom is -0.395 e. The van der Waals surface area contributed by atoms with E-state index in [9.17, 15) is 0 Å². The fourth-order valence-electron chi connectivity index (χ4n) is 1.15. The molecule has 0 radical (unpaired) electrons. The number of nitrogens with zero attached hydrogens (tertiary/aromatic N) is 2. The van der Waals surface area contributed by atoms with E-state index in [0.717, 1.165) is 6.54 Å². The molecule has 0 saturated heterocycles. The molecule has 4 heteroatoms. The van der Waals surface area contributed by atoms with Crippen LogP contribution in [0, 0.1) is 11.3 Å². The SMILES string of the molecule is COCCN(CCO)C(C)CC#N. The molecular weight excluding hydrogens is 168 g/mol. The van der Waals surface area contributed by atoms with Crippen molar-refractivity contribution < 1.29 is 9.84 Å². The maximum Gasteiger partial charge on any atom is 0.0638 e. The molecule has 76 valence electrons. The molecule has 1 unspecified atom stereocenters. The van der Waals surface area contributed by atoms with Gasteiger partial charge in [0.2, 0.25) is 0 Å². The lowest BCUT2D eigenvalue weighted by molar-refractivity contribution is 0.108. The average Bonchev–Trinajstić information content (AvgIpc) is 2.12. The Balaban J connectivity index is 3.84. The normalized spacial score (nSPS) is 12.8. The van der Waals surface area contributed by atoms with Crippen LogP contribution in [0.2, 0.25) is 0 Å². The Morgan fingerprint density at radius 2 is 2.23 bits per heavy atom. The molecule has 0 heterocycles. The summed E-state index contributed by atoms with van der Waals surface area (Å²) in [6.07, 6.45) is 0.490. The van der Waals surface area contributed by atoms with Crippen molar-refractivity contribution in [1.82, 2.24) is 4.90 Å². The van der Waals surface area contributed by atoms with E-state index in [-0.39, 0.29) is 12.6 Å². The largest absolute Gasteiger partial charge is 0.395 e. The standard InChI is InChI=1S/C9H18N2O2/c1-9(3-4-10)11(5-7-12)6-8-13-2/h9,12H,3,5-8H2,1-2H3. The lowest BCUT2D eigenvalue weighted by atomic mass is 10.2. The van der Waals surface area contributed by atoms with Gasteiger partial charge in [-0.2, -0.15) is 5.26 Å². The third-order valence-corrected chi connectivity index (χ3v) is 1.98. The Hall–Kier alpha value is -0.630. The summed E-state index contributed by atoms with van der Waals surface area (Å²) < 4.78 is 4.94. The summed E-state index contributed by atoms with van der Waals surface area (Å²) >= 11 is 0. The Morgan fingerprint density at radius 3 is 2.69 bits per heavy atom. The van der Waals surface area contributed by atoms with E-state index < -0.39 is 0 Å². The third-order valence-electron chi connectivity index (χ3n) is 1.98. The van der Waals surface area contributed by atoms with Gasteiger partial charge in [-0.25, -0.2) is 0 Å². The molecular formula is C9H18N2O2. The van der Waals surface area contributed by atoms with Crippen LogP contribution < -0.4 is 0 Å². The van der Waals surface area contributed by atoms with Crippen LogP contribution in [0.1, 0.15) is 13.3 Å². The van der Waals surface area contributed by atoms with Gasteiger partial charge in [0.25, 0.3) is 0 Å². The number of aliphatic hydroxyl groups excluding tert-OH is 1. The fourth-order valence-corrected chi connectivity index (χ4v) is 1.15. The molecule has 0 aliphatic rings. The molecule has 0 aromatic heterocycles. The maximum atomic E-state index is 8.79. The quantitative estimate of drug-likeness (QED) is 0.618. The first kappa shape index (κ1) is 12.4. The van der Waals surface area contributed by atoms with Gasteiger partial charge in [0.1, 0.15) is 0 Å². The van der Waals surface area contributed by atoms with E-state index in [4.69, 9.17) is 15.1 Å². The van der Waals surface area contributed by atoms with Gasteiger partial charge >= 0.3 is 0 Å². The van der Waals surface area contributed by atoms with E-state index in [0.29, 0.717) is 19.6 Å². The molecule has 1 atom stereocenters. The Kier molecular flexibility index (Phi) is 7.60. The summed E-state index contributed by atoms with van der Waals surface area (Å²) in [7, 11) is 1.64. The van der Waals surface area contributed by atoms with Gasteiger partial charge in [-0.15, -0.1) is 0 Å². The van der Waals surface area contributed by atoms with Gasteiger partial charge in [-0.05, 0) is 6.92 Å². The molecule has 0 fully saturated rings. The molecule has 0 aliphatic heterocycles. The highest BCUT2D eigenvalue weighted by molar-refractivity contribution is 4.79. The van der Waals surface area contributed by atoms with Crippen LogP contribution in [0.4, 0.5) is 0 Å². The highest BCUT2D eigenvalue weighted by Crippen LogP contribution is 2.01. The summed E-state index contributed by atoms with van der Waals surface area (Å²) in [4.78, 5) is 2.05. The van der Waals surface area contributed by atoms with E-state index in [1.54, 1.807) is 7.11 Å².